The van der Waals surface area contributed by atoms with Crippen molar-refractivity contribution < 1.29 is 71.6 Å². The minimum absolute atomic E-state index is 0.00802. The molecule has 0 aromatic heterocycles. The molecule has 4 amide bonds. The summed E-state index contributed by atoms with van der Waals surface area (Å²) in [6.45, 7) is 8.54. The number of carbonyl (C=O) groups excluding carboxylic acids is 7. The van der Waals surface area contributed by atoms with Crippen LogP contribution in [-0.4, -0.2) is 119 Å². The van der Waals surface area contributed by atoms with Gasteiger partial charge in [-0.2, -0.15) is 0 Å². The Kier molecular flexibility index (Phi) is 27.7. The molecule has 66 heavy (non-hydrogen) atoms. The first-order chi connectivity index (χ1) is 31.6. The van der Waals surface area contributed by atoms with E-state index < -0.39 is 64.5 Å². The molecule has 5 N–H and O–H groups in total. The zero-order valence-electron chi connectivity index (χ0n) is 38.2. The Morgan fingerprint density at radius 1 is 0.742 bits per heavy atom. The fourth-order valence-corrected chi connectivity index (χ4v) is 6.17. The fourth-order valence-electron chi connectivity index (χ4n) is 6.17. The number of rotatable bonds is 35. The van der Waals surface area contributed by atoms with Crippen molar-refractivity contribution in [3.8, 4) is 5.75 Å². The molecule has 21 heteroatoms. The van der Waals surface area contributed by atoms with Gasteiger partial charge in [0.15, 0.2) is 5.78 Å². The third kappa shape index (κ3) is 24.3. The molecule has 0 radical (unpaired) electrons. The summed E-state index contributed by atoms with van der Waals surface area (Å²) in [4.78, 5) is 100. The number of nitrogens with two attached hydrogens (primary N) is 1. The normalized spacial score (nSPS) is 12.3. The number of non-ortho nitro benzene ring substituents is 1. The van der Waals surface area contributed by atoms with Crippen LogP contribution < -0.4 is 26.4 Å². The number of anilines is 1. The van der Waals surface area contributed by atoms with Crippen molar-refractivity contribution in [3.05, 3.63) is 64.2 Å². The maximum absolute atomic E-state index is 13.9. The summed E-state index contributed by atoms with van der Waals surface area (Å²) >= 11 is 0. The largest absolute Gasteiger partial charge is 0.514 e. The van der Waals surface area contributed by atoms with E-state index in [0.717, 1.165) is 6.42 Å². The van der Waals surface area contributed by atoms with Gasteiger partial charge in [-0.15, -0.1) is 0 Å². The number of hydrogen-bond donors (Lipinski definition) is 4. The number of ketones is 2. The highest BCUT2D eigenvalue weighted by Gasteiger charge is 2.32. The Balaban J connectivity index is 2.00. The average molecular weight is 932 g/mol. The van der Waals surface area contributed by atoms with Gasteiger partial charge in [0, 0.05) is 68.5 Å². The van der Waals surface area contributed by atoms with Gasteiger partial charge in [-0.1, -0.05) is 32.9 Å². The molecule has 21 nitrogen and oxygen atoms in total. The number of esters is 1. The average Bonchev–Trinajstić information content (AvgIpc) is 3.28. The van der Waals surface area contributed by atoms with E-state index in [-0.39, 0.29) is 88.5 Å². The summed E-state index contributed by atoms with van der Waals surface area (Å²) in [5.74, 6) is -4.67. The van der Waals surface area contributed by atoms with Gasteiger partial charge in [0.05, 0.1) is 64.3 Å². The summed E-state index contributed by atoms with van der Waals surface area (Å²) in [6, 6.07) is 9.36. The van der Waals surface area contributed by atoms with Crippen molar-refractivity contribution in [2.45, 2.75) is 84.8 Å². The number of nitro benzene ring substituents is 1. The molecule has 2 aromatic rings. The second-order valence-corrected chi connectivity index (χ2v) is 15.4. The van der Waals surface area contributed by atoms with Crippen LogP contribution in [0, 0.1) is 27.9 Å². The summed E-state index contributed by atoms with van der Waals surface area (Å²) in [5, 5.41) is 18.9. The number of nitro groups is 1. The van der Waals surface area contributed by atoms with E-state index in [2.05, 4.69) is 16.0 Å². The van der Waals surface area contributed by atoms with Crippen LogP contribution in [0.2, 0.25) is 0 Å². The predicted molar refractivity (Wildman–Crippen MR) is 238 cm³/mol. The molecule has 0 aliphatic carbocycles. The molecule has 0 aliphatic heterocycles. The first-order valence-electron chi connectivity index (χ1n) is 21.9. The minimum Gasteiger partial charge on any atom is -0.469 e. The summed E-state index contributed by atoms with van der Waals surface area (Å²) in [6.07, 6.45) is -0.295. The molecule has 0 fully saturated rings. The number of primary amides is 1. The lowest BCUT2D eigenvalue weighted by Crippen LogP contribution is -2.48. The van der Waals surface area contributed by atoms with Crippen LogP contribution in [0.3, 0.4) is 0 Å². The van der Waals surface area contributed by atoms with Crippen LogP contribution in [0.15, 0.2) is 48.5 Å². The van der Waals surface area contributed by atoms with E-state index in [4.69, 9.17) is 38.9 Å². The standard InChI is InChI=1S/C45H65N5O16/c1-5-20-61-22-24-63-26-27-64-25-23-62-21-18-37(51)28-34(10-17-40(53)60-4)43(55)49-41(31(2)3)39(52)29-33(7-6-19-47-44(46)56)42(54)48-35-11-8-32(9-12-35)30-65-45(57)66-38-15-13-36(14-16-38)50(58)59/h8-9,11-16,31,33-34,41H,5-7,10,17-30H2,1-4H3,(H,48,54)(H,49,55)(H3,46,47,56)/t33-,34-,41+/m1/s1. The van der Waals surface area contributed by atoms with Crippen molar-refractivity contribution in [2.24, 2.45) is 23.5 Å². The van der Waals surface area contributed by atoms with Gasteiger partial charge in [-0.25, -0.2) is 9.59 Å². The lowest BCUT2D eigenvalue weighted by molar-refractivity contribution is -0.384. The first kappa shape index (κ1) is 56.1. The Morgan fingerprint density at radius 2 is 1.33 bits per heavy atom. The molecular formula is C45H65N5O16. The monoisotopic (exact) mass is 931 g/mol. The maximum atomic E-state index is 13.9. The van der Waals surface area contributed by atoms with Crippen LogP contribution in [0.4, 0.5) is 21.0 Å². The molecule has 0 saturated carbocycles. The van der Waals surface area contributed by atoms with E-state index in [0.29, 0.717) is 50.9 Å². The highest BCUT2D eigenvalue weighted by atomic mass is 16.7. The number of carbonyl (C=O) groups is 7. The summed E-state index contributed by atoms with van der Waals surface area (Å²) in [5.41, 5.74) is 5.93. The molecule has 0 aliphatic rings. The lowest BCUT2D eigenvalue weighted by Gasteiger charge is -2.26. The molecule has 0 heterocycles. The molecular weight excluding hydrogens is 867 g/mol. The molecule has 3 atom stereocenters. The van der Waals surface area contributed by atoms with Crippen molar-refractivity contribution >= 4 is 52.9 Å². The topological polar surface area (TPSA) is 289 Å². The van der Waals surface area contributed by atoms with E-state index >= 15 is 0 Å². The molecule has 0 saturated heterocycles. The smallest absolute Gasteiger partial charge is 0.469 e. The van der Waals surface area contributed by atoms with Crippen LogP contribution >= 0.6 is 0 Å². The Morgan fingerprint density at radius 3 is 1.89 bits per heavy atom. The summed E-state index contributed by atoms with van der Waals surface area (Å²) < 4.78 is 36.7. The van der Waals surface area contributed by atoms with Gasteiger partial charge in [-0.05, 0) is 61.4 Å². The number of Topliss-reactive ketones (excluding diaryl/α,β-unsaturated/α-hetero) is 2. The third-order valence-corrected chi connectivity index (χ3v) is 9.74. The minimum atomic E-state index is -1.05. The molecule has 0 bridgehead atoms. The second kappa shape index (κ2) is 32.6. The Hall–Kier alpha value is -6.03. The van der Waals surface area contributed by atoms with E-state index in [1.54, 1.807) is 38.1 Å². The van der Waals surface area contributed by atoms with Gasteiger partial charge in [0.1, 0.15) is 18.1 Å². The zero-order chi connectivity index (χ0) is 48.7. The molecule has 2 aromatic carbocycles. The number of urea groups is 1. The lowest BCUT2D eigenvalue weighted by atomic mass is 9.88. The van der Waals surface area contributed by atoms with Crippen LogP contribution in [0.1, 0.15) is 77.7 Å². The highest BCUT2D eigenvalue weighted by molar-refractivity contribution is 5.98. The summed E-state index contributed by atoms with van der Waals surface area (Å²) in [7, 11) is 1.21. The number of nitrogens with zero attached hydrogens (tertiary/aromatic N) is 1. The Labute approximate surface area is 384 Å². The molecule has 0 spiro atoms. The number of hydrogen-bond acceptors (Lipinski definition) is 16. The van der Waals surface area contributed by atoms with Crippen molar-refractivity contribution in [1.29, 1.82) is 0 Å². The van der Waals surface area contributed by atoms with Gasteiger partial charge in [0.25, 0.3) is 5.69 Å². The number of amides is 4. The van der Waals surface area contributed by atoms with Gasteiger partial charge in [-0.3, -0.25) is 34.1 Å². The van der Waals surface area contributed by atoms with Crippen LogP contribution in [0.5, 0.6) is 5.75 Å². The van der Waals surface area contributed by atoms with Crippen LogP contribution in [-0.2, 0) is 59.0 Å². The first-order valence-corrected chi connectivity index (χ1v) is 21.9. The van der Waals surface area contributed by atoms with Crippen molar-refractivity contribution in [3.63, 3.8) is 0 Å². The SMILES string of the molecule is CCCOCCOCCOCCOCCC(=O)C[C@@H](CCC(=O)OC)C(=O)N[C@H](C(=O)C[C@@H](CCCNC(N)=O)C(=O)Nc1ccc(COC(=O)Oc2ccc([N+](=O)[O-])cc2)cc1)C(C)C. The highest BCUT2D eigenvalue weighted by Crippen LogP contribution is 2.22. The maximum Gasteiger partial charge on any atom is 0.514 e. The number of methoxy groups -OCH3 is 1. The van der Waals surface area contributed by atoms with Gasteiger partial charge in [0.2, 0.25) is 11.8 Å². The van der Waals surface area contributed by atoms with E-state index in [9.17, 15) is 43.7 Å². The van der Waals surface area contributed by atoms with E-state index in [1.165, 1.54) is 31.4 Å². The molecule has 366 valence electrons. The van der Waals surface area contributed by atoms with Gasteiger partial charge < -0.3 is 54.8 Å². The Bertz CT molecular complexity index is 1830. The third-order valence-electron chi connectivity index (χ3n) is 9.74. The zero-order valence-corrected chi connectivity index (χ0v) is 38.2. The number of benzene rings is 2. The fraction of sp³-hybridized carbons (Fsp3) is 0.578. The van der Waals surface area contributed by atoms with Crippen molar-refractivity contribution in [2.75, 3.05) is 71.8 Å². The van der Waals surface area contributed by atoms with Gasteiger partial charge >= 0.3 is 18.2 Å². The number of ether oxygens (including phenoxy) is 7. The molecule has 0 unspecified atom stereocenters. The number of nitrogens with one attached hydrogen (secondary N) is 3. The van der Waals surface area contributed by atoms with Crippen LogP contribution in [0.25, 0.3) is 0 Å². The molecule has 2 rings (SSSR count). The van der Waals surface area contributed by atoms with Crippen molar-refractivity contribution in [1.82, 2.24) is 10.6 Å². The van der Waals surface area contributed by atoms with E-state index in [1.807, 2.05) is 6.92 Å². The predicted octanol–water partition coefficient (Wildman–Crippen LogP) is 4.81. The second-order valence-electron chi connectivity index (χ2n) is 15.4. The quantitative estimate of drug-likeness (QED) is 0.0237.